The molecule has 0 spiro atoms. The molecule has 5 nitrogen and oxygen atoms in total. The van der Waals surface area contributed by atoms with Gasteiger partial charge >= 0.3 is 28.6 Å². The molecule has 0 N–H and O–H groups in total. The number of carbonyl (C=O) groups is 1. The minimum Gasteiger partial charge on any atom is -0.0622 e. The topological polar surface area (TPSA) is 89.9 Å². The fourth-order valence-corrected chi connectivity index (χ4v) is 5.98. The summed E-state index contributed by atoms with van der Waals surface area (Å²) in [7, 11) is 0.865. The van der Waals surface area contributed by atoms with Gasteiger partial charge in [-0.25, -0.2) is 0 Å². The average Bonchev–Trinajstić information content (AvgIpc) is 3.27. The predicted octanol–water partition coefficient (Wildman–Crippen LogP) is 5.19. The van der Waals surface area contributed by atoms with Crippen LogP contribution in [0.15, 0.2) is 115 Å². The molecule has 0 heterocycles. The smallest absolute Gasteiger partial charge is 0 e. The van der Waals surface area contributed by atoms with Gasteiger partial charge in [0.15, 0.2) is 0 Å². The minimum atomic E-state index is -0.670. The van der Waals surface area contributed by atoms with E-state index in [0.717, 1.165) is 12.8 Å². The van der Waals surface area contributed by atoms with Crippen LogP contribution in [0.1, 0.15) is 12.8 Å². The van der Waals surface area contributed by atoms with Gasteiger partial charge in [0.25, 0.3) is 0 Å². The Balaban J connectivity index is 0.000000645. The van der Waals surface area contributed by atoms with Crippen LogP contribution in [0.4, 0.5) is 0 Å². The molecule has 1 unspecified atom stereocenters. The van der Waals surface area contributed by atoms with Gasteiger partial charge in [-0.1, -0.05) is 115 Å². The summed E-state index contributed by atoms with van der Waals surface area (Å²) >= 11 is 0. The Labute approximate surface area is 236 Å². The van der Waals surface area contributed by atoms with Crippen LogP contribution in [0, 0.1) is 36.5 Å². The summed E-state index contributed by atoms with van der Waals surface area (Å²) < 4.78 is 19.6. The molecular weight excluding hydrogens is 537 g/mol. The van der Waals surface area contributed by atoms with Crippen LogP contribution in [0.25, 0.3) is 0 Å². The van der Waals surface area contributed by atoms with E-state index in [2.05, 4.69) is 109 Å². The van der Waals surface area contributed by atoms with Crippen molar-refractivity contribution in [1.29, 1.82) is 5.26 Å². The van der Waals surface area contributed by atoms with Crippen LogP contribution in [-0.4, -0.2) is 13.1 Å². The molecule has 0 aliphatic heterocycles. The molecule has 4 rings (SSSR count). The molecular formula is C31H28FeNO4P. The maximum atomic E-state index is 11.3. The Kier molecular flexibility index (Phi) is 19.6. The van der Waals surface area contributed by atoms with Gasteiger partial charge in [0.05, 0.1) is 13.2 Å². The molecule has 1 aliphatic carbocycles. The van der Waals surface area contributed by atoms with Crippen LogP contribution >= 0.6 is 7.92 Å². The summed E-state index contributed by atoms with van der Waals surface area (Å²) in [5.74, 6) is -1.14. The number of ether oxygens (including phenoxy) is 1. The number of hydrogen-bond acceptors (Lipinski definition) is 3. The first kappa shape index (κ1) is 34.5. The van der Waals surface area contributed by atoms with Crippen LogP contribution in [0.5, 0.6) is 0 Å². The van der Waals surface area contributed by atoms with Gasteiger partial charge in [0, 0.05) is 23.0 Å². The zero-order valence-corrected chi connectivity index (χ0v) is 22.9. The second kappa shape index (κ2) is 21.6. The fraction of sp³-hybridized carbons (Fsp3) is 0.161. The molecule has 0 amide bonds. The van der Waals surface area contributed by atoms with Crippen molar-refractivity contribution in [2.24, 2.45) is 11.8 Å². The molecule has 0 aromatic heterocycles. The second-order valence-electron chi connectivity index (χ2n) is 7.53. The van der Waals surface area contributed by atoms with Crippen molar-refractivity contribution in [2.45, 2.75) is 12.8 Å². The molecule has 0 saturated carbocycles. The van der Waals surface area contributed by atoms with E-state index in [9.17, 15) is 4.79 Å². The van der Waals surface area contributed by atoms with Gasteiger partial charge in [-0.2, -0.15) is 5.26 Å². The molecule has 3 aromatic rings. The average molecular weight is 565 g/mol. The number of esters is 1. The molecule has 3 aromatic carbocycles. The van der Waals surface area contributed by atoms with Crippen LogP contribution in [-0.2, 0) is 35.9 Å². The van der Waals surface area contributed by atoms with E-state index in [4.69, 9.17) is 14.6 Å². The summed E-state index contributed by atoms with van der Waals surface area (Å²) in [5, 5.41) is 13.1. The summed E-state index contributed by atoms with van der Waals surface area (Å²) in [6.07, 6.45) is 9.46. The Hall–Kier alpha value is -3.47. The summed E-state index contributed by atoms with van der Waals surface area (Å²) in [4.78, 5) is 11.3. The summed E-state index contributed by atoms with van der Waals surface area (Å²) in [5.41, 5.74) is 0. The first-order valence-electron chi connectivity index (χ1n) is 11.4. The van der Waals surface area contributed by atoms with Crippen molar-refractivity contribution in [1.82, 2.24) is 0 Å². The number of nitrogens with zero attached hydrogens (tertiary/aromatic N) is 1. The molecule has 0 radical (unpaired) electrons. The number of carbonyl (C=O) groups excluding carboxylic acids is 1. The molecule has 0 fully saturated rings. The number of allylic oxidation sites excluding steroid dienone is 4. The van der Waals surface area contributed by atoms with E-state index >= 15 is 0 Å². The van der Waals surface area contributed by atoms with E-state index in [-0.39, 0.29) is 23.0 Å². The van der Waals surface area contributed by atoms with Crippen LogP contribution in [0.2, 0.25) is 0 Å². The summed E-state index contributed by atoms with van der Waals surface area (Å²) in [6.45, 7) is 9.00. The van der Waals surface area contributed by atoms with Gasteiger partial charge in [0.1, 0.15) is 5.92 Å². The van der Waals surface area contributed by atoms with Crippen LogP contribution in [0.3, 0.4) is 0 Å². The van der Waals surface area contributed by atoms with Crippen molar-refractivity contribution in [3.8, 4) is 6.07 Å². The van der Waals surface area contributed by atoms with Crippen molar-refractivity contribution < 1.29 is 35.9 Å². The number of rotatable bonds is 5. The number of methoxy groups -OCH3 is 1. The van der Waals surface area contributed by atoms with Crippen molar-refractivity contribution in [3.05, 3.63) is 129 Å². The quantitative estimate of drug-likeness (QED) is 0.140. The first-order chi connectivity index (χ1) is 18.2. The Morgan fingerprint density at radius 2 is 1.29 bits per heavy atom. The van der Waals surface area contributed by atoms with Gasteiger partial charge in [-0.05, 0) is 36.7 Å². The molecule has 194 valence electrons. The molecule has 38 heavy (non-hydrogen) atoms. The van der Waals surface area contributed by atoms with Crippen molar-refractivity contribution >= 4 is 29.8 Å². The SMILES string of the molecule is COC(=O)C(C#N)[C@H]1C=CC=CCC1.[C-]#[O+].[C-]#[O+].[Fe].c1ccc(P(c2ccccc2)c2ccccc2)cc1. The van der Waals surface area contributed by atoms with E-state index < -0.39 is 19.8 Å². The Bertz CT molecular complexity index is 1090. The van der Waals surface area contributed by atoms with Gasteiger partial charge in [-0.15, -0.1) is 0 Å². The minimum absolute atomic E-state index is 0. The zero-order valence-electron chi connectivity index (χ0n) is 20.9. The van der Waals surface area contributed by atoms with Gasteiger partial charge in [0.2, 0.25) is 0 Å². The normalized spacial score (nSPS) is 13.6. The third-order valence-electron chi connectivity index (χ3n) is 5.34. The monoisotopic (exact) mass is 565 g/mol. The van der Waals surface area contributed by atoms with E-state index in [0.29, 0.717) is 0 Å². The summed E-state index contributed by atoms with van der Waals surface area (Å²) in [6, 6.07) is 34.3. The zero-order chi connectivity index (χ0) is 27.3. The Morgan fingerprint density at radius 3 is 1.66 bits per heavy atom. The number of hydrogen-bond donors (Lipinski definition) is 0. The van der Waals surface area contributed by atoms with E-state index in [1.165, 1.54) is 23.0 Å². The molecule has 0 bridgehead atoms. The second-order valence-corrected chi connectivity index (χ2v) is 9.75. The standard InChI is InChI=1S/C18H15P.C11H13NO2.2CO.Fe/c1-4-10-16(11-5-1)19(17-12-6-2-7-13-17)18-14-8-3-9-15-18;1-14-11(13)10(8-12)9-6-4-2-3-5-7-9;2*1-2;/h1-15H;2-4,6,9-10H,5,7H2,1H3;;;/t;9-,10?;;;/m.0.../s1. The predicted molar refractivity (Wildman–Crippen MR) is 145 cm³/mol. The Morgan fingerprint density at radius 1 is 0.868 bits per heavy atom. The maximum Gasteiger partial charge on any atom is 0 e. The molecule has 1 aliphatic rings. The van der Waals surface area contributed by atoms with Gasteiger partial charge < -0.3 is 4.74 Å². The van der Waals surface area contributed by atoms with Gasteiger partial charge in [-0.3, -0.25) is 4.79 Å². The molecule has 0 saturated heterocycles. The maximum absolute atomic E-state index is 11.3. The largest absolute Gasteiger partial charge is 0.0622 e. The number of benzene rings is 3. The van der Waals surface area contributed by atoms with E-state index in [1.54, 1.807) is 0 Å². The number of nitriles is 1. The third-order valence-corrected chi connectivity index (χ3v) is 7.78. The van der Waals surface area contributed by atoms with Crippen molar-refractivity contribution in [3.63, 3.8) is 0 Å². The van der Waals surface area contributed by atoms with Crippen LogP contribution < -0.4 is 15.9 Å². The molecule has 7 heteroatoms. The van der Waals surface area contributed by atoms with E-state index in [1.807, 2.05) is 30.4 Å². The first-order valence-corrected chi connectivity index (χ1v) is 12.8. The third kappa shape index (κ3) is 11.3. The van der Waals surface area contributed by atoms with Crippen molar-refractivity contribution in [2.75, 3.05) is 7.11 Å². The molecule has 2 atom stereocenters. The fourth-order valence-electron chi connectivity index (χ4n) is 3.67.